The van der Waals surface area contributed by atoms with Crippen molar-refractivity contribution in [2.24, 2.45) is 0 Å². The first-order valence-electron chi connectivity index (χ1n) is 5.82. The summed E-state index contributed by atoms with van der Waals surface area (Å²) >= 11 is 17.7. The summed E-state index contributed by atoms with van der Waals surface area (Å²) in [5.74, 6) is 0. The number of alkyl halides is 3. The SMILES string of the molecule is FC(F)(F)c1cccc(Cl)c1NCc1cc(Cl)ccc1Cl. The number of nitrogens with one attached hydrogen (secondary N) is 1. The average molecular weight is 355 g/mol. The van der Waals surface area contributed by atoms with Crippen molar-refractivity contribution in [3.8, 4) is 0 Å². The van der Waals surface area contributed by atoms with Crippen LogP contribution in [0.25, 0.3) is 0 Å². The summed E-state index contributed by atoms with van der Waals surface area (Å²) in [6.07, 6.45) is -4.49. The maximum atomic E-state index is 13.0. The van der Waals surface area contributed by atoms with E-state index in [1.807, 2.05) is 0 Å². The topological polar surface area (TPSA) is 12.0 Å². The molecule has 0 aromatic heterocycles. The summed E-state index contributed by atoms with van der Waals surface area (Å²) in [5.41, 5.74) is -0.423. The molecule has 21 heavy (non-hydrogen) atoms. The molecule has 0 unspecified atom stereocenters. The zero-order chi connectivity index (χ0) is 15.6. The van der Waals surface area contributed by atoms with E-state index < -0.39 is 11.7 Å². The van der Waals surface area contributed by atoms with Gasteiger partial charge in [0, 0.05) is 16.6 Å². The number of rotatable bonds is 3. The predicted octanol–water partition coefficient (Wildman–Crippen LogP) is 6.28. The van der Waals surface area contributed by atoms with Crippen LogP contribution in [0.1, 0.15) is 11.1 Å². The summed E-state index contributed by atoms with van der Waals surface area (Å²) in [6, 6.07) is 8.37. The van der Waals surface area contributed by atoms with Crippen LogP contribution >= 0.6 is 34.8 Å². The number of anilines is 1. The molecule has 1 N–H and O–H groups in total. The highest BCUT2D eigenvalue weighted by Crippen LogP contribution is 2.38. The molecule has 1 nitrogen and oxygen atoms in total. The normalized spacial score (nSPS) is 11.5. The highest BCUT2D eigenvalue weighted by molar-refractivity contribution is 6.34. The van der Waals surface area contributed by atoms with Crippen LogP contribution in [0.15, 0.2) is 36.4 Å². The smallest absolute Gasteiger partial charge is 0.379 e. The van der Waals surface area contributed by atoms with Gasteiger partial charge in [0.25, 0.3) is 0 Å². The highest BCUT2D eigenvalue weighted by Gasteiger charge is 2.34. The van der Waals surface area contributed by atoms with E-state index >= 15 is 0 Å². The van der Waals surface area contributed by atoms with Gasteiger partial charge in [0.2, 0.25) is 0 Å². The summed E-state index contributed by atoms with van der Waals surface area (Å²) in [4.78, 5) is 0. The van der Waals surface area contributed by atoms with Crippen LogP contribution in [0, 0.1) is 0 Å². The largest absolute Gasteiger partial charge is 0.418 e. The van der Waals surface area contributed by atoms with Crippen LogP contribution in [0.2, 0.25) is 15.1 Å². The first-order chi connectivity index (χ1) is 9.79. The van der Waals surface area contributed by atoms with Crippen molar-refractivity contribution in [3.63, 3.8) is 0 Å². The van der Waals surface area contributed by atoms with Crippen molar-refractivity contribution >= 4 is 40.5 Å². The molecule has 0 amide bonds. The third-order valence-electron chi connectivity index (χ3n) is 2.78. The molecule has 0 aliphatic carbocycles. The van der Waals surface area contributed by atoms with Crippen LogP contribution in [0.4, 0.5) is 18.9 Å². The van der Waals surface area contributed by atoms with Gasteiger partial charge in [0.05, 0.1) is 16.3 Å². The highest BCUT2D eigenvalue weighted by atomic mass is 35.5. The van der Waals surface area contributed by atoms with Gasteiger partial charge in [-0.15, -0.1) is 0 Å². The molecule has 7 heteroatoms. The lowest BCUT2D eigenvalue weighted by molar-refractivity contribution is -0.136. The molecular weight excluding hydrogens is 346 g/mol. The van der Waals surface area contributed by atoms with Gasteiger partial charge in [-0.2, -0.15) is 13.2 Å². The Bertz CT molecular complexity index is 656. The minimum Gasteiger partial charge on any atom is -0.379 e. The maximum absolute atomic E-state index is 13.0. The Morgan fingerprint density at radius 3 is 2.33 bits per heavy atom. The van der Waals surface area contributed by atoms with Gasteiger partial charge in [-0.3, -0.25) is 0 Å². The fourth-order valence-electron chi connectivity index (χ4n) is 1.80. The molecule has 2 rings (SSSR count). The third kappa shape index (κ3) is 3.96. The van der Waals surface area contributed by atoms with Gasteiger partial charge in [-0.05, 0) is 35.9 Å². The molecule has 2 aromatic rings. The van der Waals surface area contributed by atoms with Crippen molar-refractivity contribution in [2.45, 2.75) is 12.7 Å². The third-order valence-corrected chi connectivity index (χ3v) is 3.70. The molecule has 112 valence electrons. The van der Waals surface area contributed by atoms with E-state index in [9.17, 15) is 13.2 Å². The summed E-state index contributed by atoms with van der Waals surface area (Å²) in [6.45, 7) is 0.0756. The van der Waals surface area contributed by atoms with Crippen LogP contribution in [0.5, 0.6) is 0 Å². The molecule has 0 spiro atoms. The fraction of sp³-hybridized carbons (Fsp3) is 0.143. The second-order valence-electron chi connectivity index (χ2n) is 4.25. The monoisotopic (exact) mass is 353 g/mol. The number of benzene rings is 2. The molecule has 0 heterocycles. The molecule has 0 saturated heterocycles. The van der Waals surface area contributed by atoms with Crippen molar-refractivity contribution in [2.75, 3.05) is 5.32 Å². The maximum Gasteiger partial charge on any atom is 0.418 e. The number of hydrogen-bond donors (Lipinski definition) is 1. The van der Waals surface area contributed by atoms with Crippen molar-refractivity contribution in [1.29, 1.82) is 0 Å². The van der Waals surface area contributed by atoms with Gasteiger partial charge in [0.1, 0.15) is 0 Å². The second-order valence-corrected chi connectivity index (χ2v) is 5.50. The first kappa shape index (κ1) is 16.3. The van der Waals surface area contributed by atoms with Crippen LogP contribution in [-0.4, -0.2) is 0 Å². The van der Waals surface area contributed by atoms with E-state index in [0.29, 0.717) is 15.6 Å². The molecule has 2 aromatic carbocycles. The minimum atomic E-state index is -4.49. The van der Waals surface area contributed by atoms with E-state index in [1.165, 1.54) is 12.1 Å². The zero-order valence-electron chi connectivity index (χ0n) is 10.4. The van der Waals surface area contributed by atoms with E-state index in [2.05, 4.69) is 5.32 Å². The molecular formula is C14H9Cl3F3N. The molecule has 0 radical (unpaired) electrons. The van der Waals surface area contributed by atoms with Gasteiger partial charge in [-0.1, -0.05) is 40.9 Å². The lowest BCUT2D eigenvalue weighted by atomic mass is 10.1. The molecule has 0 saturated carbocycles. The van der Waals surface area contributed by atoms with Crippen LogP contribution < -0.4 is 5.32 Å². The number of hydrogen-bond acceptors (Lipinski definition) is 1. The summed E-state index contributed by atoms with van der Waals surface area (Å²) < 4.78 is 38.9. The number of para-hydroxylation sites is 1. The Morgan fingerprint density at radius 1 is 0.952 bits per heavy atom. The van der Waals surface area contributed by atoms with Gasteiger partial charge < -0.3 is 5.32 Å². The van der Waals surface area contributed by atoms with Crippen LogP contribution in [0.3, 0.4) is 0 Å². The predicted molar refractivity (Wildman–Crippen MR) is 80.2 cm³/mol. The van der Waals surface area contributed by atoms with Crippen molar-refractivity contribution in [3.05, 3.63) is 62.6 Å². The Kier molecular flexibility index (Phi) is 4.91. The second kappa shape index (κ2) is 6.34. The van der Waals surface area contributed by atoms with Gasteiger partial charge >= 0.3 is 6.18 Å². The molecule has 0 fully saturated rings. The zero-order valence-corrected chi connectivity index (χ0v) is 12.7. The quantitative estimate of drug-likeness (QED) is 0.684. The number of halogens is 6. The summed E-state index contributed by atoms with van der Waals surface area (Å²) in [7, 11) is 0. The van der Waals surface area contributed by atoms with E-state index in [-0.39, 0.29) is 17.3 Å². The average Bonchev–Trinajstić information content (AvgIpc) is 2.39. The van der Waals surface area contributed by atoms with Crippen molar-refractivity contribution in [1.82, 2.24) is 0 Å². The molecule has 0 bridgehead atoms. The standard InChI is InChI=1S/C14H9Cl3F3N/c15-9-4-5-11(16)8(6-9)7-21-13-10(14(18,19)20)2-1-3-12(13)17/h1-6,21H,7H2. The van der Waals surface area contributed by atoms with E-state index in [1.54, 1.807) is 18.2 Å². The Hall–Kier alpha value is -1.10. The Labute approximate surface area is 134 Å². The van der Waals surface area contributed by atoms with E-state index in [4.69, 9.17) is 34.8 Å². The minimum absolute atomic E-state index is 0.0111. The first-order valence-corrected chi connectivity index (χ1v) is 6.96. The molecule has 0 aliphatic rings. The van der Waals surface area contributed by atoms with E-state index in [0.717, 1.165) is 6.07 Å². The molecule has 0 atom stereocenters. The molecule has 0 aliphatic heterocycles. The van der Waals surface area contributed by atoms with Crippen molar-refractivity contribution < 1.29 is 13.2 Å². The Morgan fingerprint density at radius 2 is 1.67 bits per heavy atom. The summed E-state index contributed by atoms with van der Waals surface area (Å²) in [5, 5.41) is 3.53. The van der Waals surface area contributed by atoms with Gasteiger partial charge in [-0.25, -0.2) is 0 Å². The lowest BCUT2D eigenvalue weighted by Gasteiger charge is -2.16. The Balaban J connectivity index is 2.30. The fourth-order valence-corrected chi connectivity index (χ4v) is 2.42. The van der Waals surface area contributed by atoms with Crippen LogP contribution in [-0.2, 0) is 12.7 Å². The lowest BCUT2D eigenvalue weighted by Crippen LogP contribution is -2.11. The van der Waals surface area contributed by atoms with Gasteiger partial charge in [0.15, 0.2) is 0 Å².